The van der Waals surface area contributed by atoms with Crippen LogP contribution >= 0.6 is 0 Å². The molecule has 24 heavy (non-hydrogen) atoms. The minimum absolute atomic E-state index is 0.108. The van der Waals surface area contributed by atoms with Crippen LogP contribution < -0.4 is 10.9 Å². The van der Waals surface area contributed by atoms with E-state index in [2.05, 4.69) is 16.9 Å². The van der Waals surface area contributed by atoms with Gasteiger partial charge in [-0.25, -0.2) is 25.9 Å². The van der Waals surface area contributed by atoms with Gasteiger partial charge in [0.1, 0.15) is 0 Å². The lowest BCUT2D eigenvalue weighted by Gasteiger charge is -2.23. The average molecular weight is 337 g/mol. The Morgan fingerprint density at radius 1 is 1.42 bits per heavy atom. The highest BCUT2D eigenvalue weighted by molar-refractivity contribution is 5.92. The van der Waals surface area contributed by atoms with Gasteiger partial charge in [-0.15, -0.1) is 0 Å². The second kappa shape index (κ2) is 9.94. The SMILES string of the molecule is CCCCC[C@H](CN(O)C=O)C(=O)N(N)c1nccc(C(C)C)n1. The molecular weight excluding hydrogens is 310 g/mol. The highest BCUT2D eigenvalue weighted by Crippen LogP contribution is 2.17. The van der Waals surface area contributed by atoms with Gasteiger partial charge in [-0.2, -0.15) is 0 Å². The van der Waals surface area contributed by atoms with Crippen LogP contribution in [0.4, 0.5) is 5.95 Å². The Hall–Kier alpha value is -2.06. The summed E-state index contributed by atoms with van der Waals surface area (Å²) in [6.07, 6.45) is 5.12. The molecule has 1 aromatic heterocycles. The van der Waals surface area contributed by atoms with E-state index in [1.54, 1.807) is 12.3 Å². The van der Waals surface area contributed by atoms with Crippen LogP contribution in [0.1, 0.15) is 58.1 Å². The Labute approximate surface area is 142 Å². The van der Waals surface area contributed by atoms with Crippen molar-refractivity contribution in [3.8, 4) is 0 Å². The summed E-state index contributed by atoms with van der Waals surface area (Å²) in [7, 11) is 0. The van der Waals surface area contributed by atoms with E-state index in [9.17, 15) is 14.8 Å². The molecule has 1 heterocycles. The lowest BCUT2D eigenvalue weighted by Crippen LogP contribution is -2.46. The third-order valence-electron chi connectivity index (χ3n) is 3.74. The van der Waals surface area contributed by atoms with Crippen molar-refractivity contribution >= 4 is 18.3 Å². The lowest BCUT2D eigenvalue weighted by molar-refractivity contribution is -0.154. The molecule has 1 atom stereocenters. The normalized spacial score (nSPS) is 12.1. The molecule has 0 bridgehead atoms. The molecule has 3 N–H and O–H groups in total. The Morgan fingerprint density at radius 2 is 2.12 bits per heavy atom. The third kappa shape index (κ3) is 5.86. The predicted molar refractivity (Wildman–Crippen MR) is 90.0 cm³/mol. The maximum atomic E-state index is 12.6. The smallest absolute Gasteiger partial charge is 0.248 e. The molecule has 0 fully saturated rings. The molecule has 0 aromatic carbocycles. The van der Waals surface area contributed by atoms with Crippen molar-refractivity contribution in [2.75, 3.05) is 11.6 Å². The van der Waals surface area contributed by atoms with Gasteiger partial charge in [-0.1, -0.05) is 40.0 Å². The minimum atomic E-state index is -0.608. The number of nitrogens with two attached hydrogens (primary N) is 1. The number of aromatic nitrogens is 2. The second-order valence-electron chi connectivity index (χ2n) is 6.06. The van der Waals surface area contributed by atoms with Crippen LogP contribution in [0.25, 0.3) is 0 Å². The highest BCUT2D eigenvalue weighted by atomic mass is 16.5. The highest BCUT2D eigenvalue weighted by Gasteiger charge is 2.26. The van der Waals surface area contributed by atoms with E-state index in [1.807, 2.05) is 13.8 Å². The molecule has 0 unspecified atom stereocenters. The van der Waals surface area contributed by atoms with Crippen LogP contribution in [0.15, 0.2) is 12.3 Å². The number of amides is 2. The first-order valence-electron chi connectivity index (χ1n) is 8.23. The molecule has 0 aliphatic rings. The third-order valence-corrected chi connectivity index (χ3v) is 3.74. The average Bonchev–Trinajstić information content (AvgIpc) is 2.59. The van der Waals surface area contributed by atoms with Gasteiger partial charge in [0.05, 0.1) is 12.5 Å². The Bertz CT molecular complexity index is 538. The van der Waals surface area contributed by atoms with Crippen molar-refractivity contribution in [2.24, 2.45) is 11.8 Å². The molecule has 0 spiro atoms. The van der Waals surface area contributed by atoms with Crippen molar-refractivity contribution in [3.05, 3.63) is 18.0 Å². The van der Waals surface area contributed by atoms with Crippen LogP contribution in [0, 0.1) is 5.92 Å². The van der Waals surface area contributed by atoms with E-state index in [0.29, 0.717) is 11.5 Å². The fraction of sp³-hybridized carbons (Fsp3) is 0.625. The van der Waals surface area contributed by atoms with E-state index < -0.39 is 11.8 Å². The van der Waals surface area contributed by atoms with Gasteiger partial charge < -0.3 is 0 Å². The van der Waals surface area contributed by atoms with E-state index in [0.717, 1.165) is 30.0 Å². The van der Waals surface area contributed by atoms with Crippen molar-refractivity contribution in [1.82, 2.24) is 15.0 Å². The van der Waals surface area contributed by atoms with Gasteiger partial charge in [0.2, 0.25) is 18.3 Å². The molecule has 1 rings (SSSR count). The summed E-state index contributed by atoms with van der Waals surface area (Å²) in [5.74, 6) is 5.16. The molecule has 0 aliphatic heterocycles. The summed E-state index contributed by atoms with van der Waals surface area (Å²) in [6.45, 7) is 5.91. The lowest BCUT2D eigenvalue weighted by atomic mass is 10.00. The topological polar surface area (TPSA) is 113 Å². The molecule has 0 saturated carbocycles. The number of hydrogen-bond donors (Lipinski definition) is 2. The summed E-state index contributed by atoms with van der Waals surface area (Å²) >= 11 is 0. The molecule has 0 saturated heterocycles. The van der Waals surface area contributed by atoms with Crippen molar-refractivity contribution in [2.45, 2.75) is 52.4 Å². The first kappa shape index (κ1) is 20.0. The van der Waals surface area contributed by atoms with E-state index in [-0.39, 0.29) is 24.8 Å². The van der Waals surface area contributed by atoms with Crippen molar-refractivity contribution < 1.29 is 14.8 Å². The maximum Gasteiger partial charge on any atom is 0.248 e. The Balaban J connectivity index is 2.90. The number of hydrogen-bond acceptors (Lipinski definition) is 6. The maximum absolute atomic E-state index is 12.6. The van der Waals surface area contributed by atoms with Crippen molar-refractivity contribution in [3.63, 3.8) is 0 Å². The number of rotatable bonds is 10. The van der Waals surface area contributed by atoms with Crippen LogP contribution in [-0.2, 0) is 9.59 Å². The first-order chi connectivity index (χ1) is 11.4. The molecule has 0 aliphatic carbocycles. The Kier molecular flexibility index (Phi) is 8.28. The zero-order chi connectivity index (χ0) is 18.1. The summed E-state index contributed by atoms with van der Waals surface area (Å²) in [5.41, 5.74) is 0.780. The molecule has 8 nitrogen and oxygen atoms in total. The fourth-order valence-electron chi connectivity index (χ4n) is 2.30. The second-order valence-corrected chi connectivity index (χ2v) is 6.06. The number of carbonyl (C=O) groups is 2. The number of hydrazine groups is 1. The van der Waals surface area contributed by atoms with E-state index >= 15 is 0 Å². The molecule has 8 heteroatoms. The predicted octanol–water partition coefficient (Wildman–Crippen LogP) is 1.85. The molecule has 0 radical (unpaired) electrons. The molecule has 1 aromatic rings. The van der Waals surface area contributed by atoms with Gasteiger partial charge in [-0.3, -0.25) is 14.8 Å². The van der Waals surface area contributed by atoms with Crippen LogP contribution in [0.2, 0.25) is 0 Å². The van der Waals surface area contributed by atoms with Crippen LogP contribution in [-0.4, -0.2) is 39.1 Å². The van der Waals surface area contributed by atoms with Gasteiger partial charge in [-0.05, 0) is 18.4 Å². The first-order valence-corrected chi connectivity index (χ1v) is 8.23. The van der Waals surface area contributed by atoms with Crippen LogP contribution in [0.3, 0.4) is 0 Å². The van der Waals surface area contributed by atoms with E-state index in [1.165, 1.54) is 0 Å². The largest absolute Gasteiger partial charge is 0.286 e. The van der Waals surface area contributed by atoms with Gasteiger partial charge in [0, 0.05) is 11.9 Å². The summed E-state index contributed by atoms with van der Waals surface area (Å²) in [6, 6.07) is 1.77. The van der Waals surface area contributed by atoms with Crippen LogP contribution in [0.5, 0.6) is 0 Å². The number of hydroxylamine groups is 2. The standard InChI is InChI=1S/C16H27N5O3/c1-4-5-6-7-13(10-20(24)11-22)15(23)21(17)16-18-9-8-14(19-16)12(2)3/h8-9,11-13,24H,4-7,10,17H2,1-3H3/t13-/m1/s1. The Morgan fingerprint density at radius 3 is 2.71 bits per heavy atom. The number of unbranched alkanes of at least 4 members (excludes halogenated alkanes) is 2. The van der Waals surface area contributed by atoms with Gasteiger partial charge >= 0.3 is 0 Å². The summed E-state index contributed by atoms with van der Waals surface area (Å²) in [5, 5.41) is 10.8. The zero-order valence-corrected chi connectivity index (χ0v) is 14.6. The number of anilines is 1. The summed E-state index contributed by atoms with van der Waals surface area (Å²) < 4.78 is 0. The fourth-order valence-corrected chi connectivity index (χ4v) is 2.30. The molecule has 2 amide bonds. The monoisotopic (exact) mass is 337 g/mol. The number of carbonyl (C=O) groups excluding carboxylic acids is 2. The number of nitrogens with zero attached hydrogens (tertiary/aromatic N) is 4. The van der Waals surface area contributed by atoms with Gasteiger partial charge in [0.25, 0.3) is 0 Å². The minimum Gasteiger partial charge on any atom is -0.286 e. The zero-order valence-electron chi connectivity index (χ0n) is 14.6. The quantitative estimate of drug-likeness (QED) is 0.168. The summed E-state index contributed by atoms with van der Waals surface area (Å²) in [4.78, 5) is 31.6. The van der Waals surface area contributed by atoms with Crippen molar-refractivity contribution in [1.29, 1.82) is 0 Å². The van der Waals surface area contributed by atoms with Gasteiger partial charge in [0.15, 0.2) is 0 Å². The van der Waals surface area contributed by atoms with E-state index in [4.69, 9.17) is 5.84 Å². The molecular formula is C16H27N5O3. The molecule has 134 valence electrons.